The minimum Gasteiger partial charge on any atom is -0.370 e. The van der Waals surface area contributed by atoms with Gasteiger partial charge in [0, 0.05) is 18.5 Å². The molecular weight excluding hydrogens is 303 g/mol. The first-order valence-corrected chi connectivity index (χ1v) is 7.37. The van der Waals surface area contributed by atoms with Crippen LogP contribution in [-0.4, -0.2) is 36.9 Å². The predicted molar refractivity (Wildman–Crippen MR) is 82.2 cm³/mol. The molecule has 124 valence electrons. The Hall–Kier alpha value is -2.48. The molecule has 0 bridgehead atoms. The van der Waals surface area contributed by atoms with Crippen LogP contribution < -0.4 is 21.7 Å². The van der Waals surface area contributed by atoms with Gasteiger partial charge >= 0.3 is 0 Å². The smallest absolute Gasteiger partial charge is 0.251 e. The molecule has 5 N–H and O–H groups in total. The molecule has 1 aromatic carbocycles. The third-order valence-corrected chi connectivity index (χ3v) is 3.52. The van der Waals surface area contributed by atoms with Gasteiger partial charge in [-0.3, -0.25) is 14.4 Å². The van der Waals surface area contributed by atoms with Crippen LogP contribution in [-0.2, 0) is 9.59 Å². The number of nitrogens with one attached hydrogen (secondary N) is 3. The number of hydrogen-bond acceptors (Lipinski definition) is 4. The maximum absolute atomic E-state index is 13.8. The van der Waals surface area contributed by atoms with Crippen LogP contribution in [0.2, 0.25) is 0 Å². The Morgan fingerprint density at radius 2 is 2.13 bits per heavy atom. The van der Waals surface area contributed by atoms with Crippen molar-refractivity contribution in [2.45, 2.75) is 25.3 Å². The Morgan fingerprint density at radius 3 is 2.78 bits per heavy atom. The second-order valence-electron chi connectivity index (χ2n) is 5.31. The maximum atomic E-state index is 13.8. The Bertz CT molecular complexity index is 615. The van der Waals surface area contributed by atoms with Crippen LogP contribution >= 0.6 is 0 Å². The maximum Gasteiger partial charge on any atom is 0.251 e. The third kappa shape index (κ3) is 4.75. The fourth-order valence-electron chi connectivity index (χ4n) is 2.29. The number of carbonyl (C=O) groups is 3. The quantitative estimate of drug-likeness (QED) is 0.596. The fourth-order valence-corrected chi connectivity index (χ4v) is 2.29. The largest absolute Gasteiger partial charge is 0.370 e. The summed E-state index contributed by atoms with van der Waals surface area (Å²) in [5, 5.41) is 8.00. The molecule has 8 heteroatoms. The van der Waals surface area contributed by atoms with E-state index in [9.17, 15) is 18.8 Å². The van der Waals surface area contributed by atoms with Crippen molar-refractivity contribution >= 4 is 23.4 Å². The van der Waals surface area contributed by atoms with Crippen molar-refractivity contribution in [2.24, 2.45) is 5.73 Å². The van der Waals surface area contributed by atoms with Gasteiger partial charge in [-0.2, -0.15) is 0 Å². The van der Waals surface area contributed by atoms with Crippen molar-refractivity contribution in [3.63, 3.8) is 0 Å². The van der Waals surface area contributed by atoms with Gasteiger partial charge in [-0.25, -0.2) is 4.39 Å². The first kappa shape index (κ1) is 16.9. The molecule has 7 nitrogen and oxygen atoms in total. The fraction of sp³-hybridized carbons (Fsp3) is 0.400. The lowest BCUT2D eigenvalue weighted by atomic mass is 10.1. The number of benzene rings is 1. The van der Waals surface area contributed by atoms with Crippen LogP contribution in [0.5, 0.6) is 0 Å². The zero-order chi connectivity index (χ0) is 16.8. The standard InChI is InChI=1S/C15H19FN4O3/c16-10-4-3-9(14(22)19-7-5-13(17)21)8-12(10)20-15(23)11-2-1-6-18-11/h3-4,8,11,18H,1-2,5-7H2,(H2,17,21)(H,19,22)(H,20,23). The second kappa shape index (κ2) is 7.68. The van der Waals surface area contributed by atoms with Crippen LogP contribution in [0.1, 0.15) is 29.6 Å². The monoisotopic (exact) mass is 322 g/mol. The summed E-state index contributed by atoms with van der Waals surface area (Å²) in [5.74, 6) is -1.94. The number of rotatable bonds is 6. The molecule has 3 amide bonds. The van der Waals surface area contributed by atoms with E-state index in [-0.39, 0.29) is 36.2 Å². The summed E-state index contributed by atoms with van der Waals surface area (Å²) < 4.78 is 13.8. The highest BCUT2D eigenvalue weighted by Crippen LogP contribution is 2.17. The van der Waals surface area contributed by atoms with Crippen LogP contribution in [0, 0.1) is 5.82 Å². The molecule has 1 aliphatic heterocycles. The van der Waals surface area contributed by atoms with E-state index in [4.69, 9.17) is 5.73 Å². The second-order valence-corrected chi connectivity index (χ2v) is 5.31. The van der Waals surface area contributed by atoms with Crippen LogP contribution in [0.15, 0.2) is 18.2 Å². The van der Waals surface area contributed by atoms with Crippen LogP contribution in [0.25, 0.3) is 0 Å². The van der Waals surface area contributed by atoms with Crippen molar-refractivity contribution in [2.75, 3.05) is 18.4 Å². The number of primary amides is 1. The van der Waals surface area contributed by atoms with Gasteiger partial charge in [-0.1, -0.05) is 0 Å². The van der Waals surface area contributed by atoms with E-state index in [1.165, 1.54) is 12.1 Å². The first-order chi connectivity index (χ1) is 11.0. The number of amides is 3. The molecule has 1 aliphatic rings. The number of halogens is 1. The average Bonchev–Trinajstić information content (AvgIpc) is 3.03. The van der Waals surface area contributed by atoms with Gasteiger partial charge < -0.3 is 21.7 Å². The molecule has 0 radical (unpaired) electrons. The molecule has 1 aromatic rings. The van der Waals surface area contributed by atoms with Crippen molar-refractivity contribution in [3.05, 3.63) is 29.6 Å². The van der Waals surface area contributed by atoms with Crippen molar-refractivity contribution in [1.82, 2.24) is 10.6 Å². The molecule has 0 aromatic heterocycles. The Balaban J connectivity index is 2.01. The Kier molecular flexibility index (Phi) is 5.64. The van der Waals surface area contributed by atoms with Gasteiger partial charge in [0.25, 0.3) is 5.91 Å². The summed E-state index contributed by atoms with van der Waals surface area (Å²) in [5.41, 5.74) is 5.12. The molecule has 23 heavy (non-hydrogen) atoms. The summed E-state index contributed by atoms with van der Waals surface area (Å²) in [6.07, 6.45) is 1.60. The molecule has 0 saturated carbocycles. The third-order valence-electron chi connectivity index (χ3n) is 3.52. The van der Waals surface area contributed by atoms with E-state index in [1.807, 2.05) is 0 Å². The topological polar surface area (TPSA) is 113 Å². The summed E-state index contributed by atoms with van der Waals surface area (Å²) in [6.45, 7) is 0.849. The Labute approximate surface area is 132 Å². The van der Waals surface area contributed by atoms with Crippen LogP contribution in [0.3, 0.4) is 0 Å². The lowest BCUT2D eigenvalue weighted by Gasteiger charge is -2.13. The molecule has 0 aliphatic carbocycles. The molecular formula is C15H19FN4O3. The van der Waals surface area contributed by atoms with Gasteiger partial charge in [0.1, 0.15) is 5.82 Å². The Morgan fingerprint density at radius 1 is 1.35 bits per heavy atom. The van der Waals surface area contributed by atoms with Crippen molar-refractivity contribution in [3.8, 4) is 0 Å². The van der Waals surface area contributed by atoms with E-state index in [1.54, 1.807) is 0 Å². The van der Waals surface area contributed by atoms with Gasteiger partial charge in [-0.05, 0) is 37.6 Å². The summed E-state index contributed by atoms with van der Waals surface area (Å²) in [4.78, 5) is 34.6. The van der Waals surface area contributed by atoms with Crippen LogP contribution in [0.4, 0.5) is 10.1 Å². The van der Waals surface area contributed by atoms with Gasteiger partial charge in [0.2, 0.25) is 11.8 Å². The first-order valence-electron chi connectivity index (χ1n) is 7.37. The molecule has 0 spiro atoms. The minimum atomic E-state index is -0.620. The highest BCUT2D eigenvalue weighted by atomic mass is 19.1. The highest BCUT2D eigenvalue weighted by molar-refractivity contribution is 5.98. The molecule has 1 saturated heterocycles. The molecule has 1 atom stereocenters. The molecule has 1 heterocycles. The molecule has 1 unspecified atom stereocenters. The van der Waals surface area contributed by atoms with E-state index >= 15 is 0 Å². The summed E-state index contributed by atoms with van der Waals surface area (Å²) in [6, 6.07) is 3.34. The zero-order valence-corrected chi connectivity index (χ0v) is 12.5. The van der Waals surface area contributed by atoms with Crippen molar-refractivity contribution < 1.29 is 18.8 Å². The van der Waals surface area contributed by atoms with Gasteiger partial charge in [0.15, 0.2) is 0 Å². The van der Waals surface area contributed by atoms with Gasteiger partial charge in [-0.15, -0.1) is 0 Å². The predicted octanol–water partition coefficient (Wildman–Crippen LogP) is 0.121. The molecule has 1 fully saturated rings. The number of carbonyl (C=O) groups excluding carboxylic acids is 3. The summed E-state index contributed by atoms with van der Waals surface area (Å²) in [7, 11) is 0. The van der Waals surface area contributed by atoms with E-state index in [0.29, 0.717) is 6.42 Å². The lowest BCUT2D eigenvalue weighted by Crippen LogP contribution is -2.35. The number of hydrogen-bond donors (Lipinski definition) is 4. The van der Waals surface area contributed by atoms with Gasteiger partial charge in [0.05, 0.1) is 11.7 Å². The molecule has 2 rings (SSSR count). The summed E-state index contributed by atoms with van der Waals surface area (Å²) >= 11 is 0. The number of anilines is 1. The average molecular weight is 322 g/mol. The SMILES string of the molecule is NC(=O)CCNC(=O)c1ccc(F)c(NC(=O)C2CCCN2)c1. The normalized spacial score (nSPS) is 16.8. The minimum absolute atomic E-state index is 0.0177. The van der Waals surface area contributed by atoms with Crippen molar-refractivity contribution in [1.29, 1.82) is 0 Å². The lowest BCUT2D eigenvalue weighted by molar-refractivity contribution is -0.118. The van der Waals surface area contributed by atoms with E-state index < -0.39 is 17.6 Å². The van der Waals surface area contributed by atoms with E-state index in [0.717, 1.165) is 19.0 Å². The highest BCUT2D eigenvalue weighted by Gasteiger charge is 2.23. The number of nitrogens with two attached hydrogens (primary N) is 1. The van der Waals surface area contributed by atoms with E-state index in [2.05, 4.69) is 16.0 Å². The zero-order valence-electron chi connectivity index (χ0n) is 12.5.